The van der Waals surface area contributed by atoms with Gasteiger partial charge in [-0.05, 0) is 19.9 Å². The first kappa shape index (κ1) is 8.81. The lowest BCUT2D eigenvalue weighted by atomic mass is 10.1. The van der Waals surface area contributed by atoms with Crippen molar-refractivity contribution in [1.82, 2.24) is 15.0 Å². The van der Waals surface area contributed by atoms with Gasteiger partial charge in [-0.1, -0.05) is 6.07 Å². The molecule has 0 aliphatic carbocycles. The molecule has 0 aliphatic heterocycles. The van der Waals surface area contributed by atoms with E-state index >= 15 is 0 Å². The highest BCUT2D eigenvalue weighted by atomic mass is 14.8. The molecule has 0 atom stereocenters. The second kappa shape index (κ2) is 3.54. The Balaban J connectivity index is 2.40. The van der Waals surface area contributed by atoms with Gasteiger partial charge in [0.2, 0.25) is 0 Å². The van der Waals surface area contributed by atoms with Gasteiger partial charge in [0.15, 0.2) is 0 Å². The van der Waals surface area contributed by atoms with Crippen LogP contribution in [0, 0.1) is 13.8 Å². The Kier molecular flexibility index (Phi) is 2.23. The second-order valence-corrected chi connectivity index (χ2v) is 3.21. The van der Waals surface area contributed by atoms with Gasteiger partial charge in [0.1, 0.15) is 5.82 Å². The molecule has 0 aliphatic rings. The van der Waals surface area contributed by atoms with Crippen LogP contribution in [0.3, 0.4) is 0 Å². The Bertz CT molecular complexity index is 374. The van der Waals surface area contributed by atoms with E-state index in [1.807, 2.05) is 44.6 Å². The highest BCUT2D eigenvalue weighted by molar-refractivity contribution is 5.60. The van der Waals surface area contributed by atoms with Crippen LogP contribution < -0.4 is 0 Å². The predicted octanol–water partition coefficient (Wildman–Crippen LogP) is 2.16. The Hall–Kier alpha value is -1.77. The van der Waals surface area contributed by atoms with Crippen LogP contribution in [-0.4, -0.2) is 15.0 Å². The molecule has 3 heteroatoms. The van der Waals surface area contributed by atoms with E-state index in [9.17, 15) is 0 Å². The van der Waals surface area contributed by atoms with E-state index in [0.717, 1.165) is 22.6 Å². The molecular weight excluding hydrogens is 174 g/mol. The SMILES string of the molecule is Cc1ccc(-c2cnc(C)nc2)cn1. The Morgan fingerprint density at radius 3 is 2.00 bits per heavy atom. The molecule has 0 saturated carbocycles. The first-order valence-corrected chi connectivity index (χ1v) is 4.47. The molecule has 0 spiro atoms. The number of rotatable bonds is 1. The van der Waals surface area contributed by atoms with Crippen molar-refractivity contribution in [3.8, 4) is 11.1 Å². The summed E-state index contributed by atoms with van der Waals surface area (Å²) < 4.78 is 0. The molecule has 2 heterocycles. The van der Waals surface area contributed by atoms with Gasteiger partial charge in [0.05, 0.1) is 0 Å². The molecule has 70 valence electrons. The molecule has 2 rings (SSSR count). The number of hydrogen-bond donors (Lipinski definition) is 0. The van der Waals surface area contributed by atoms with Crippen molar-refractivity contribution in [2.45, 2.75) is 13.8 Å². The zero-order valence-corrected chi connectivity index (χ0v) is 8.23. The molecule has 0 N–H and O–H groups in total. The maximum Gasteiger partial charge on any atom is 0.125 e. The predicted molar refractivity (Wildman–Crippen MR) is 54.7 cm³/mol. The number of aryl methyl sites for hydroxylation is 2. The van der Waals surface area contributed by atoms with E-state index < -0.39 is 0 Å². The van der Waals surface area contributed by atoms with E-state index in [4.69, 9.17) is 0 Å². The fourth-order valence-corrected chi connectivity index (χ4v) is 1.18. The van der Waals surface area contributed by atoms with Gasteiger partial charge in [-0.3, -0.25) is 4.98 Å². The van der Waals surface area contributed by atoms with Gasteiger partial charge in [0.25, 0.3) is 0 Å². The van der Waals surface area contributed by atoms with Crippen LogP contribution in [0.15, 0.2) is 30.7 Å². The van der Waals surface area contributed by atoms with Gasteiger partial charge in [-0.25, -0.2) is 9.97 Å². The fourth-order valence-electron chi connectivity index (χ4n) is 1.18. The van der Waals surface area contributed by atoms with Crippen molar-refractivity contribution in [3.05, 3.63) is 42.2 Å². The van der Waals surface area contributed by atoms with Gasteiger partial charge in [0, 0.05) is 35.4 Å². The molecule has 0 amide bonds. The largest absolute Gasteiger partial charge is 0.261 e. The highest BCUT2D eigenvalue weighted by Gasteiger charge is 1.98. The summed E-state index contributed by atoms with van der Waals surface area (Å²) >= 11 is 0. The van der Waals surface area contributed by atoms with Crippen molar-refractivity contribution in [3.63, 3.8) is 0 Å². The molecular formula is C11H11N3. The van der Waals surface area contributed by atoms with Gasteiger partial charge in [-0.2, -0.15) is 0 Å². The Morgan fingerprint density at radius 2 is 1.43 bits per heavy atom. The van der Waals surface area contributed by atoms with Crippen LogP contribution in [0.25, 0.3) is 11.1 Å². The Labute approximate surface area is 82.9 Å². The van der Waals surface area contributed by atoms with Crippen LogP contribution in [0.5, 0.6) is 0 Å². The number of hydrogen-bond acceptors (Lipinski definition) is 3. The lowest BCUT2D eigenvalue weighted by Crippen LogP contribution is -1.88. The molecule has 0 unspecified atom stereocenters. The summed E-state index contributed by atoms with van der Waals surface area (Å²) in [6.45, 7) is 3.84. The average Bonchev–Trinajstić information content (AvgIpc) is 2.21. The van der Waals surface area contributed by atoms with Gasteiger partial charge in [-0.15, -0.1) is 0 Å². The van der Waals surface area contributed by atoms with Crippen LogP contribution in [0.1, 0.15) is 11.5 Å². The number of aromatic nitrogens is 3. The van der Waals surface area contributed by atoms with Crippen molar-refractivity contribution in [2.75, 3.05) is 0 Å². The van der Waals surface area contributed by atoms with E-state index in [1.165, 1.54) is 0 Å². The van der Waals surface area contributed by atoms with Crippen molar-refractivity contribution in [2.24, 2.45) is 0 Å². The fraction of sp³-hybridized carbons (Fsp3) is 0.182. The third kappa shape index (κ3) is 1.76. The minimum atomic E-state index is 0.786. The summed E-state index contributed by atoms with van der Waals surface area (Å²) in [7, 11) is 0. The molecule has 14 heavy (non-hydrogen) atoms. The zero-order valence-electron chi connectivity index (χ0n) is 8.23. The topological polar surface area (TPSA) is 38.7 Å². The van der Waals surface area contributed by atoms with Crippen molar-refractivity contribution in [1.29, 1.82) is 0 Å². The molecule has 0 radical (unpaired) electrons. The molecule has 0 aromatic carbocycles. The molecule has 0 bridgehead atoms. The Morgan fingerprint density at radius 1 is 0.786 bits per heavy atom. The molecule has 0 saturated heterocycles. The summed E-state index contributed by atoms with van der Waals surface area (Å²) in [6.07, 6.45) is 5.46. The van der Waals surface area contributed by atoms with E-state index in [2.05, 4.69) is 15.0 Å². The summed E-state index contributed by atoms with van der Waals surface area (Å²) in [5, 5.41) is 0. The van der Waals surface area contributed by atoms with E-state index in [0.29, 0.717) is 0 Å². The summed E-state index contributed by atoms with van der Waals surface area (Å²) in [5.74, 6) is 0.786. The maximum atomic E-state index is 4.22. The van der Waals surface area contributed by atoms with Crippen LogP contribution in [0.2, 0.25) is 0 Å². The van der Waals surface area contributed by atoms with Crippen LogP contribution in [0.4, 0.5) is 0 Å². The van der Waals surface area contributed by atoms with Crippen LogP contribution >= 0.6 is 0 Å². The molecule has 3 nitrogen and oxygen atoms in total. The maximum absolute atomic E-state index is 4.22. The smallest absolute Gasteiger partial charge is 0.125 e. The van der Waals surface area contributed by atoms with Crippen molar-refractivity contribution >= 4 is 0 Å². The molecule has 2 aromatic heterocycles. The lowest BCUT2D eigenvalue weighted by molar-refractivity contribution is 1.05. The van der Waals surface area contributed by atoms with E-state index in [-0.39, 0.29) is 0 Å². The highest BCUT2D eigenvalue weighted by Crippen LogP contribution is 2.15. The summed E-state index contributed by atoms with van der Waals surface area (Å²) in [4.78, 5) is 12.5. The van der Waals surface area contributed by atoms with Crippen LogP contribution in [-0.2, 0) is 0 Å². The quantitative estimate of drug-likeness (QED) is 0.683. The lowest BCUT2D eigenvalue weighted by Gasteiger charge is -2.00. The third-order valence-electron chi connectivity index (χ3n) is 2.03. The zero-order chi connectivity index (χ0) is 9.97. The minimum absolute atomic E-state index is 0.786. The molecule has 0 fully saturated rings. The first-order chi connectivity index (χ1) is 6.75. The third-order valence-corrected chi connectivity index (χ3v) is 2.03. The second-order valence-electron chi connectivity index (χ2n) is 3.21. The standard InChI is InChI=1S/C11H11N3/c1-8-3-4-10(5-12-8)11-6-13-9(2)14-7-11/h3-7H,1-2H3. The summed E-state index contributed by atoms with van der Waals surface area (Å²) in [5.41, 5.74) is 3.07. The number of pyridine rings is 1. The van der Waals surface area contributed by atoms with Gasteiger partial charge < -0.3 is 0 Å². The monoisotopic (exact) mass is 185 g/mol. The summed E-state index contributed by atoms with van der Waals surface area (Å²) in [6, 6.07) is 4.01. The van der Waals surface area contributed by atoms with E-state index in [1.54, 1.807) is 0 Å². The van der Waals surface area contributed by atoms with Crippen molar-refractivity contribution < 1.29 is 0 Å². The number of nitrogens with zero attached hydrogens (tertiary/aromatic N) is 3. The molecule has 2 aromatic rings. The minimum Gasteiger partial charge on any atom is -0.261 e. The normalized spacial score (nSPS) is 10.1. The first-order valence-electron chi connectivity index (χ1n) is 4.47. The van der Waals surface area contributed by atoms with Gasteiger partial charge >= 0.3 is 0 Å². The average molecular weight is 185 g/mol.